The van der Waals surface area contributed by atoms with Gasteiger partial charge in [0, 0.05) is 25.3 Å². The van der Waals surface area contributed by atoms with Crippen molar-refractivity contribution in [2.45, 2.75) is 45.7 Å². The van der Waals surface area contributed by atoms with E-state index in [2.05, 4.69) is 17.6 Å². The molecule has 0 aromatic rings. The second kappa shape index (κ2) is 6.86. The number of ether oxygens (including phenoxy) is 1. The van der Waals surface area contributed by atoms with E-state index in [1.54, 1.807) is 0 Å². The molecular formula is C12H24N2O2. The lowest BCUT2D eigenvalue weighted by molar-refractivity contribution is -0.120. The lowest BCUT2D eigenvalue weighted by atomic mass is 9.93. The highest BCUT2D eigenvalue weighted by Crippen LogP contribution is 2.18. The molecule has 1 aliphatic heterocycles. The first-order chi connectivity index (χ1) is 7.59. The number of amides is 1. The molecule has 0 radical (unpaired) electrons. The Morgan fingerprint density at radius 3 is 2.50 bits per heavy atom. The maximum atomic E-state index is 11.4. The van der Waals surface area contributed by atoms with E-state index in [4.69, 9.17) is 4.74 Å². The smallest absolute Gasteiger partial charge is 0.234 e. The van der Waals surface area contributed by atoms with Crippen molar-refractivity contribution in [3.8, 4) is 0 Å². The molecule has 1 fully saturated rings. The van der Waals surface area contributed by atoms with E-state index < -0.39 is 0 Å². The molecular weight excluding hydrogens is 204 g/mol. The van der Waals surface area contributed by atoms with Crippen LogP contribution < -0.4 is 10.6 Å². The molecule has 0 saturated carbocycles. The summed E-state index contributed by atoms with van der Waals surface area (Å²) in [6.07, 6.45) is 2.19. The normalized spacial score (nSPS) is 19.8. The molecule has 1 unspecified atom stereocenters. The molecule has 1 atom stereocenters. The first-order valence-electron chi connectivity index (χ1n) is 6.20. The van der Waals surface area contributed by atoms with Crippen molar-refractivity contribution in [1.29, 1.82) is 0 Å². The molecule has 0 aromatic carbocycles. The molecule has 4 heteroatoms. The van der Waals surface area contributed by atoms with Crippen LogP contribution in [0.2, 0.25) is 0 Å². The lowest BCUT2D eigenvalue weighted by Gasteiger charge is -2.28. The van der Waals surface area contributed by atoms with E-state index in [-0.39, 0.29) is 11.9 Å². The average molecular weight is 228 g/mol. The minimum Gasteiger partial charge on any atom is -0.381 e. The van der Waals surface area contributed by atoms with E-state index >= 15 is 0 Å². The van der Waals surface area contributed by atoms with Crippen LogP contribution in [0.3, 0.4) is 0 Å². The monoisotopic (exact) mass is 228 g/mol. The summed E-state index contributed by atoms with van der Waals surface area (Å²) in [7, 11) is 0. The number of rotatable bonds is 5. The minimum atomic E-state index is 0.0777. The first-order valence-corrected chi connectivity index (χ1v) is 6.20. The van der Waals surface area contributed by atoms with Crippen molar-refractivity contribution in [2.24, 2.45) is 5.92 Å². The Balaban J connectivity index is 2.18. The van der Waals surface area contributed by atoms with Crippen LogP contribution in [0.4, 0.5) is 0 Å². The van der Waals surface area contributed by atoms with Crippen molar-refractivity contribution in [3.05, 3.63) is 0 Å². The summed E-state index contributed by atoms with van der Waals surface area (Å²) in [5.41, 5.74) is 0. The van der Waals surface area contributed by atoms with Gasteiger partial charge in [-0.2, -0.15) is 0 Å². The topological polar surface area (TPSA) is 50.4 Å². The molecule has 4 nitrogen and oxygen atoms in total. The molecule has 1 rings (SSSR count). The number of carbonyl (C=O) groups is 1. The minimum absolute atomic E-state index is 0.0777. The van der Waals surface area contributed by atoms with Gasteiger partial charge in [-0.25, -0.2) is 0 Å². The third kappa shape index (κ3) is 4.94. The van der Waals surface area contributed by atoms with Crippen LogP contribution in [0, 0.1) is 5.92 Å². The second-order valence-corrected chi connectivity index (χ2v) is 4.84. The Bertz CT molecular complexity index is 213. The summed E-state index contributed by atoms with van der Waals surface area (Å²) in [5, 5.41) is 6.16. The zero-order valence-electron chi connectivity index (χ0n) is 10.6. The van der Waals surface area contributed by atoms with E-state index in [0.717, 1.165) is 26.1 Å². The zero-order chi connectivity index (χ0) is 12.0. The Kier molecular flexibility index (Phi) is 5.77. The summed E-state index contributed by atoms with van der Waals surface area (Å²) < 4.78 is 5.32. The van der Waals surface area contributed by atoms with Gasteiger partial charge in [0.1, 0.15) is 0 Å². The lowest BCUT2D eigenvalue weighted by Crippen LogP contribution is -2.44. The zero-order valence-corrected chi connectivity index (χ0v) is 10.6. The molecule has 0 aliphatic carbocycles. The highest BCUT2D eigenvalue weighted by Gasteiger charge is 2.20. The van der Waals surface area contributed by atoms with Crippen LogP contribution in [-0.4, -0.2) is 37.7 Å². The molecule has 1 aliphatic rings. The predicted molar refractivity (Wildman–Crippen MR) is 64.3 cm³/mol. The summed E-state index contributed by atoms with van der Waals surface area (Å²) >= 11 is 0. The quantitative estimate of drug-likeness (QED) is 0.735. The Labute approximate surface area is 98.1 Å². The highest BCUT2D eigenvalue weighted by atomic mass is 16.5. The summed E-state index contributed by atoms with van der Waals surface area (Å²) in [6.45, 7) is 8.22. The Morgan fingerprint density at radius 1 is 1.31 bits per heavy atom. The number of hydrogen-bond acceptors (Lipinski definition) is 3. The molecule has 1 saturated heterocycles. The van der Waals surface area contributed by atoms with Crippen LogP contribution >= 0.6 is 0 Å². The van der Waals surface area contributed by atoms with Gasteiger partial charge in [-0.3, -0.25) is 4.79 Å². The molecule has 94 valence electrons. The van der Waals surface area contributed by atoms with Crippen LogP contribution in [0.15, 0.2) is 0 Å². The van der Waals surface area contributed by atoms with Crippen LogP contribution in [0.1, 0.15) is 33.6 Å². The fraction of sp³-hybridized carbons (Fsp3) is 0.917. The molecule has 16 heavy (non-hydrogen) atoms. The summed E-state index contributed by atoms with van der Waals surface area (Å²) in [4.78, 5) is 11.4. The third-order valence-corrected chi connectivity index (χ3v) is 3.01. The van der Waals surface area contributed by atoms with E-state index in [1.807, 2.05) is 13.8 Å². The highest BCUT2D eigenvalue weighted by molar-refractivity contribution is 5.78. The summed E-state index contributed by atoms with van der Waals surface area (Å²) in [5.74, 6) is 0.717. The van der Waals surface area contributed by atoms with E-state index in [1.165, 1.54) is 0 Å². The maximum absolute atomic E-state index is 11.4. The fourth-order valence-corrected chi connectivity index (χ4v) is 2.01. The van der Waals surface area contributed by atoms with Crippen LogP contribution in [0.25, 0.3) is 0 Å². The molecule has 1 heterocycles. The standard InChI is InChI=1S/C12H24N2O2/c1-9(2)14-12(15)8-13-10(3)11-4-6-16-7-5-11/h9-11,13H,4-8H2,1-3H3,(H,14,15). The molecule has 0 aromatic heterocycles. The van der Waals surface area contributed by atoms with Crippen molar-refractivity contribution in [1.82, 2.24) is 10.6 Å². The number of nitrogens with one attached hydrogen (secondary N) is 2. The first kappa shape index (κ1) is 13.5. The van der Waals surface area contributed by atoms with Gasteiger partial charge in [0.15, 0.2) is 0 Å². The SMILES string of the molecule is CC(C)NC(=O)CNC(C)C1CCOCC1. The van der Waals surface area contributed by atoms with Crippen molar-refractivity contribution >= 4 is 5.91 Å². The second-order valence-electron chi connectivity index (χ2n) is 4.84. The van der Waals surface area contributed by atoms with Gasteiger partial charge in [-0.05, 0) is 39.5 Å². The van der Waals surface area contributed by atoms with E-state index in [0.29, 0.717) is 18.5 Å². The van der Waals surface area contributed by atoms with Crippen LogP contribution in [0.5, 0.6) is 0 Å². The number of hydrogen-bond donors (Lipinski definition) is 2. The number of carbonyl (C=O) groups excluding carboxylic acids is 1. The maximum Gasteiger partial charge on any atom is 0.234 e. The van der Waals surface area contributed by atoms with Gasteiger partial charge >= 0.3 is 0 Å². The van der Waals surface area contributed by atoms with Crippen molar-refractivity contribution in [2.75, 3.05) is 19.8 Å². The average Bonchev–Trinajstić information content (AvgIpc) is 2.26. The van der Waals surface area contributed by atoms with Gasteiger partial charge in [0.25, 0.3) is 0 Å². The molecule has 0 bridgehead atoms. The Morgan fingerprint density at radius 2 is 1.94 bits per heavy atom. The Hall–Kier alpha value is -0.610. The van der Waals surface area contributed by atoms with Crippen molar-refractivity contribution < 1.29 is 9.53 Å². The third-order valence-electron chi connectivity index (χ3n) is 3.01. The van der Waals surface area contributed by atoms with Gasteiger partial charge in [0.2, 0.25) is 5.91 Å². The van der Waals surface area contributed by atoms with Gasteiger partial charge in [0.05, 0.1) is 6.54 Å². The summed E-state index contributed by atoms with van der Waals surface area (Å²) in [6, 6.07) is 0.606. The van der Waals surface area contributed by atoms with Gasteiger partial charge < -0.3 is 15.4 Å². The largest absolute Gasteiger partial charge is 0.381 e. The van der Waals surface area contributed by atoms with Gasteiger partial charge in [-0.1, -0.05) is 0 Å². The molecule has 0 spiro atoms. The molecule has 1 amide bonds. The van der Waals surface area contributed by atoms with Gasteiger partial charge in [-0.15, -0.1) is 0 Å². The predicted octanol–water partition coefficient (Wildman–Crippen LogP) is 0.916. The fourth-order valence-electron chi connectivity index (χ4n) is 2.01. The van der Waals surface area contributed by atoms with Crippen LogP contribution in [-0.2, 0) is 9.53 Å². The molecule has 2 N–H and O–H groups in total. The van der Waals surface area contributed by atoms with Crippen molar-refractivity contribution in [3.63, 3.8) is 0 Å². The van der Waals surface area contributed by atoms with E-state index in [9.17, 15) is 4.79 Å².